The first kappa shape index (κ1) is 29.1. The van der Waals surface area contributed by atoms with Gasteiger partial charge in [0.25, 0.3) is 0 Å². The third-order valence-corrected chi connectivity index (χ3v) is 8.05. The van der Waals surface area contributed by atoms with Crippen LogP contribution in [0.1, 0.15) is 40.9 Å². The van der Waals surface area contributed by atoms with Crippen LogP contribution in [0.15, 0.2) is 109 Å². The molecule has 1 aliphatic rings. The van der Waals surface area contributed by atoms with Gasteiger partial charge in [-0.1, -0.05) is 91.0 Å². The van der Waals surface area contributed by atoms with E-state index >= 15 is 0 Å². The second-order valence-corrected chi connectivity index (χ2v) is 11.0. The van der Waals surface area contributed by atoms with E-state index in [1.165, 1.54) is 0 Å². The van der Waals surface area contributed by atoms with Crippen LogP contribution in [-0.4, -0.2) is 52.4 Å². The third-order valence-electron chi connectivity index (χ3n) is 8.05. The van der Waals surface area contributed by atoms with E-state index < -0.39 is 24.0 Å². The van der Waals surface area contributed by atoms with Crippen LogP contribution in [0, 0.1) is 0 Å². The third kappa shape index (κ3) is 6.80. The lowest BCUT2D eigenvalue weighted by atomic mass is 9.84. The number of aromatic nitrogens is 2. The van der Waals surface area contributed by atoms with Crippen molar-refractivity contribution in [1.82, 2.24) is 20.6 Å². The maximum absolute atomic E-state index is 13.8. The summed E-state index contributed by atoms with van der Waals surface area (Å²) < 4.78 is 6.21. The number of ether oxygens (including phenoxy) is 1. The molecule has 1 aliphatic heterocycles. The van der Waals surface area contributed by atoms with Gasteiger partial charge in [-0.2, -0.15) is 0 Å². The van der Waals surface area contributed by atoms with Crippen LogP contribution < -0.4 is 16.0 Å². The van der Waals surface area contributed by atoms with Gasteiger partial charge in [0.15, 0.2) is 0 Å². The number of rotatable bonds is 10. The Balaban J connectivity index is 1.13. The molecule has 0 bridgehead atoms. The first-order valence-electron chi connectivity index (χ1n) is 14.8. The Morgan fingerprint density at radius 2 is 1.55 bits per heavy atom. The summed E-state index contributed by atoms with van der Waals surface area (Å²) in [5.74, 6) is -0.0876. The molecule has 1 fully saturated rings. The van der Waals surface area contributed by atoms with E-state index in [1.807, 2.05) is 109 Å². The second kappa shape index (κ2) is 13.5. The lowest BCUT2D eigenvalue weighted by Crippen LogP contribution is -2.47. The number of nitrogens with zero attached hydrogens (tertiary/aromatic N) is 1. The van der Waals surface area contributed by atoms with Gasteiger partial charge in [-0.15, -0.1) is 0 Å². The molecule has 2 heterocycles. The van der Waals surface area contributed by atoms with Crippen molar-refractivity contribution in [2.75, 3.05) is 18.5 Å². The first-order chi connectivity index (χ1) is 21.5. The lowest BCUT2D eigenvalue weighted by molar-refractivity contribution is -0.118. The quantitative estimate of drug-likeness (QED) is 0.144. The highest BCUT2D eigenvalue weighted by molar-refractivity contribution is 5.98. The summed E-state index contributed by atoms with van der Waals surface area (Å²) in [7, 11) is 0. The van der Waals surface area contributed by atoms with Gasteiger partial charge in [-0.3, -0.25) is 4.79 Å². The molecule has 2 amide bonds. The Morgan fingerprint density at radius 1 is 0.886 bits per heavy atom. The Labute approximate surface area is 255 Å². The monoisotopic (exact) mass is 589 g/mol. The number of carbonyl (C=O) groups is 2. The molecule has 1 saturated heterocycles. The smallest absolute Gasteiger partial charge is 0.405 e. The average Bonchev–Trinajstić information content (AvgIpc) is 3.50. The molecule has 5 N–H and O–H groups in total. The molecule has 5 aromatic rings. The summed E-state index contributed by atoms with van der Waals surface area (Å²) >= 11 is 0. The molecule has 0 saturated carbocycles. The molecule has 224 valence electrons. The topological polar surface area (TPSA) is 128 Å². The number of aromatic amines is 1. The molecule has 1 unspecified atom stereocenters. The molecule has 1 aromatic heterocycles. The van der Waals surface area contributed by atoms with E-state index in [0.29, 0.717) is 25.3 Å². The van der Waals surface area contributed by atoms with Crippen LogP contribution in [-0.2, 0) is 16.0 Å². The number of H-pyrrole nitrogens is 1. The highest BCUT2D eigenvalue weighted by Crippen LogP contribution is 2.30. The number of hydrogen-bond donors (Lipinski definition) is 5. The number of aryl methyl sites for hydroxylation is 1. The van der Waals surface area contributed by atoms with Gasteiger partial charge >= 0.3 is 6.09 Å². The van der Waals surface area contributed by atoms with E-state index in [9.17, 15) is 14.7 Å². The zero-order valence-electron chi connectivity index (χ0n) is 24.1. The van der Waals surface area contributed by atoms with E-state index in [4.69, 9.17) is 9.72 Å². The summed E-state index contributed by atoms with van der Waals surface area (Å²) in [5, 5.41) is 18.8. The van der Waals surface area contributed by atoms with E-state index in [2.05, 4.69) is 20.9 Å². The van der Waals surface area contributed by atoms with Crippen molar-refractivity contribution < 1.29 is 19.4 Å². The predicted molar refractivity (Wildman–Crippen MR) is 170 cm³/mol. The average molecular weight is 590 g/mol. The summed E-state index contributed by atoms with van der Waals surface area (Å²) in [4.78, 5) is 33.8. The summed E-state index contributed by atoms with van der Waals surface area (Å²) in [6.45, 7) is 1.18. The first-order valence-corrected chi connectivity index (χ1v) is 14.8. The van der Waals surface area contributed by atoms with Crippen LogP contribution >= 0.6 is 0 Å². The minimum absolute atomic E-state index is 0.00125. The van der Waals surface area contributed by atoms with Gasteiger partial charge < -0.3 is 30.8 Å². The normalized spacial score (nSPS) is 17.3. The summed E-state index contributed by atoms with van der Waals surface area (Å²) in [6.07, 6.45) is 0.162. The number of carbonyl (C=O) groups excluding carboxylic acids is 1. The standard InChI is InChI=1S/C35H35N5O4/c41-34(32(40-35(42)43)31(24-12-3-1-4-13-24)25-14-5-2-6-15-25)39-27-16-8-7-11-23(27)19-20-26-21-36-30(22-44-26)33-37-28-17-9-10-18-29(28)38-33/h1-18,26,30-32,36,40H,19-22H2,(H,37,38)(H,39,41)(H,42,43)/t26-,30+,32?/m1/s1. The lowest BCUT2D eigenvalue weighted by Gasteiger charge is -2.30. The van der Waals surface area contributed by atoms with Gasteiger partial charge in [0, 0.05) is 18.2 Å². The zero-order valence-corrected chi connectivity index (χ0v) is 24.1. The number of amides is 2. The number of morpholine rings is 1. The molecule has 44 heavy (non-hydrogen) atoms. The van der Waals surface area contributed by atoms with Crippen molar-refractivity contribution in [1.29, 1.82) is 0 Å². The van der Waals surface area contributed by atoms with Gasteiger partial charge in [0.05, 0.1) is 29.8 Å². The minimum atomic E-state index is -1.27. The Kier molecular flexibility index (Phi) is 8.95. The molecule has 6 rings (SSSR count). The zero-order chi connectivity index (χ0) is 30.3. The van der Waals surface area contributed by atoms with Gasteiger partial charge in [-0.25, -0.2) is 9.78 Å². The number of nitrogens with one attached hydrogen (secondary N) is 4. The van der Waals surface area contributed by atoms with Crippen molar-refractivity contribution in [3.8, 4) is 0 Å². The highest BCUT2D eigenvalue weighted by atomic mass is 16.5. The molecule has 0 radical (unpaired) electrons. The summed E-state index contributed by atoms with van der Waals surface area (Å²) in [6, 6.07) is 33.5. The number of carboxylic acid groups (broad SMARTS) is 1. The maximum atomic E-state index is 13.8. The molecule has 9 nitrogen and oxygen atoms in total. The van der Waals surface area contributed by atoms with Gasteiger partial charge in [0.1, 0.15) is 11.9 Å². The Bertz CT molecular complexity index is 1630. The number of imidazole rings is 1. The number of fused-ring (bicyclic) bond motifs is 1. The number of benzene rings is 4. The molecular weight excluding hydrogens is 554 g/mol. The highest BCUT2D eigenvalue weighted by Gasteiger charge is 2.33. The van der Waals surface area contributed by atoms with Gasteiger partial charge in [0.2, 0.25) is 5.91 Å². The van der Waals surface area contributed by atoms with Crippen molar-refractivity contribution in [3.05, 3.63) is 132 Å². The van der Waals surface area contributed by atoms with Crippen LogP contribution in [0.4, 0.5) is 10.5 Å². The van der Waals surface area contributed by atoms with Crippen molar-refractivity contribution in [2.45, 2.75) is 36.9 Å². The van der Waals surface area contributed by atoms with Crippen molar-refractivity contribution >= 4 is 28.7 Å². The van der Waals surface area contributed by atoms with E-state index in [1.54, 1.807) is 0 Å². The number of hydrogen-bond acceptors (Lipinski definition) is 5. The number of anilines is 1. The van der Waals surface area contributed by atoms with Crippen LogP contribution in [0.25, 0.3) is 11.0 Å². The van der Waals surface area contributed by atoms with E-state index in [-0.39, 0.29) is 12.1 Å². The summed E-state index contributed by atoms with van der Waals surface area (Å²) in [5.41, 5.74) is 5.22. The number of para-hydroxylation sites is 3. The Hall–Kier alpha value is -4.99. The molecular formula is C35H35N5O4. The van der Waals surface area contributed by atoms with Crippen LogP contribution in [0.2, 0.25) is 0 Å². The molecule has 3 atom stereocenters. The fourth-order valence-corrected chi connectivity index (χ4v) is 5.84. The molecule has 9 heteroatoms. The van der Waals surface area contributed by atoms with Gasteiger partial charge in [-0.05, 0) is 47.7 Å². The Morgan fingerprint density at radius 3 is 2.20 bits per heavy atom. The fourth-order valence-electron chi connectivity index (χ4n) is 5.84. The fraction of sp³-hybridized carbons (Fsp3) is 0.229. The molecule has 0 spiro atoms. The van der Waals surface area contributed by atoms with E-state index in [0.717, 1.165) is 40.0 Å². The minimum Gasteiger partial charge on any atom is -0.465 e. The second-order valence-electron chi connectivity index (χ2n) is 11.0. The SMILES string of the molecule is O=C(O)NC(C(=O)Nc1ccccc1CC[C@@H]1CN[C@H](c2nc3ccccc3[nH]2)CO1)C(c1ccccc1)c1ccccc1. The van der Waals surface area contributed by atoms with Crippen LogP contribution in [0.3, 0.4) is 0 Å². The maximum Gasteiger partial charge on any atom is 0.405 e. The van der Waals surface area contributed by atoms with Crippen LogP contribution in [0.5, 0.6) is 0 Å². The van der Waals surface area contributed by atoms with Crippen molar-refractivity contribution in [2.24, 2.45) is 0 Å². The predicted octanol–water partition coefficient (Wildman–Crippen LogP) is 5.63. The van der Waals surface area contributed by atoms with Crippen molar-refractivity contribution in [3.63, 3.8) is 0 Å². The largest absolute Gasteiger partial charge is 0.465 e. The molecule has 4 aromatic carbocycles. The molecule has 0 aliphatic carbocycles.